The normalized spacial score (nSPS) is 17.9. The second-order valence-electron chi connectivity index (χ2n) is 4.99. The van der Waals surface area contributed by atoms with Crippen molar-refractivity contribution in [3.8, 4) is 0 Å². The van der Waals surface area contributed by atoms with Crippen LogP contribution in [0, 0.1) is 0 Å². The van der Waals surface area contributed by atoms with E-state index < -0.39 is 22.4 Å². The summed E-state index contributed by atoms with van der Waals surface area (Å²) in [6.07, 6.45) is -0.899. The van der Waals surface area contributed by atoms with Crippen molar-refractivity contribution in [3.63, 3.8) is 0 Å². The number of para-hydroxylation sites is 1. The molecule has 24 heavy (non-hydrogen) atoms. The number of hydrogen-bond donors (Lipinski definition) is 2. The zero-order chi connectivity index (χ0) is 17.3. The van der Waals surface area contributed by atoms with Gasteiger partial charge in [0.1, 0.15) is 0 Å². The van der Waals surface area contributed by atoms with Crippen molar-refractivity contribution in [2.75, 3.05) is 11.9 Å². The third-order valence-corrected chi connectivity index (χ3v) is 5.18. The summed E-state index contributed by atoms with van der Waals surface area (Å²) in [5.74, 6) is 0. The predicted octanol–water partition coefficient (Wildman–Crippen LogP) is 2.45. The Morgan fingerprint density at radius 2 is 1.75 bits per heavy atom. The van der Waals surface area contributed by atoms with Gasteiger partial charge in [-0.05, 0) is 17.7 Å². The number of anilines is 1. The van der Waals surface area contributed by atoms with Gasteiger partial charge in [-0.2, -0.15) is 13.1 Å². The molecule has 126 valence electrons. The Morgan fingerprint density at radius 1 is 1.12 bits per heavy atom. The fourth-order valence-electron chi connectivity index (χ4n) is 2.47. The number of rotatable bonds is 4. The molecule has 9 heteroatoms. The van der Waals surface area contributed by atoms with Gasteiger partial charge in [0.2, 0.25) is 0 Å². The molecule has 1 heterocycles. The highest BCUT2D eigenvalue weighted by Gasteiger charge is 2.43. The standard InChI is InChI=1S/C15H15ClN4O3S/c1-17-24(22,23)20-14(11-7-3-2-4-8-11)19(15(21)18-20)13-10-6-5-9-12(13)16/h2-10,14,17H,1H3,(H,18,21). The van der Waals surface area contributed by atoms with E-state index in [4.69, 9.17) is 11.6 Å². The number of aliphatic hydroxyl groups excluding tert-OH is 1. The first-order valence-corrected chi connectivity index (χ1v) is 8.86. The molecule has 0 saturated heterocycles. The van der Waals surface area contributed by atoms with Crippen LogP contribution in [0.15, 0.2) is 59.7 Å². The van der Waals surface area contributed by atoms with Crippen molar-refractivity contribution < 1.29 is 13.5 Å². The summed E-state index contributed by atoms with van der Waals surface area (Å²) >= 11 is 6.23. The third kappa shape index (κ3) is 2.79. The van der Waals surface area contributed by atoms with Crippen LogP contribution in [0.4, 0.5) is 5.69 Å². The summed E-state index contributed by atoms with van der Waals surface area (Å²) in [5, 5.41) is 14.5. The minimum atomic E-state index is -3.93. The van der Waals surface area contributed by atoms with Crippen molar-refractivity contribution in [3.05, 3.63) is 65.2 Å². The topological polar surface area (TPSA) is 85.2 Å². The van der Waals surface area contributed by atoms with Gasteiger partial charge in [0.15, 0.2) is 6.17 Å². The summed E-state index contributed by atoms with van der Waals surface area (Å²) in [7, 11) is -2.65. The van der Waals surface area contributed by atoms with E-state index in [-0.39, 0.29) is 0 Å². The zero-order valence-electron chi connectivity index (χ0n) is 12.7. The maximum Gasteiger partial charge on any atom is 0.318 e. The Morgan fingerprint density at radius 3 is 2.38 bits per heavy atom. The Labute approximate surface area is 145 Å². The summed E-state index contributed by atoms with van der Waals surface area (Å²) in [6.45, 7) is 0. The Balaban J connectivity index is 2.17. The van der Waals surface area contributed by atoms with Crippen molar-refractivity contribution in [1.29, 1.82) is 0 Å². The molecule has 1 aliphatic rings. The van der Waals surface area contributed by atoms with Gasteiger partial charge in [-0.3, -0.25) is 4.90 Å². The molecule has 0 spiro atoms. The Kier molecular flexibility index (Phi) is 4.35. The molecule has 0 fully saturated rings. The summed E-state index contributed by atoms with van der Waals surface area (Å²) in [4.78, 5) is 1.37. The van der Waals surface area contributed by atoms with Gasteiger partial charge in [-0.25, -0.2) is 0 Å². The second kappa shape index (κ2) is 6.31. The highest BCUT2D eigenvalue weighted by Crippen LogP contribution is 2.39. The Hall–Kier alpha value is -2.29. The molecule has 1 aliphatic heterocycles. The van der Waals surface area contributed by atoms with Gasteiger partial charge in [-0.1, -0.05) is 54.1 Å². The smallest absolute Gasteiger partial charge is 0.318 e. The molecule has 7 nitrogen and oxygen atoms in total. The van der Waals surface area contributed by atoms with Gasteiger partial charge in [0.05, 0.1) is 10.7 Å². The minimum absolute atomic E-state index is 0.365. The van der Waals surface area contributed by atoms with Gasteiger partial charge >= 0.3 is 16.2 Å². The molecular weight excluding hydrogens is 352 g/mol. The molecule has 2 aromatic rings. The fraction of sp³-hybridized carbons (Fsp3) is 0.133. The first-order chi connectivity index (χ1) is 11.5. The van der Waals surface area contributed by atoms with Crippen LogP contribution >= 0.6 is 11.6 Å². The van der Waals surface area contributed by atoms with Crippen molar-refractivity contribution in [1.82, 2.24) is 9.14 Å². The second-order valence-corrected chi connectivity index (χ2v) is 7.13. The van der Waals surface area contributed by atoms with Crippen LogP contribution in [0.25, 0.3) is 0 Å². The van der Waals surface area contributed by atoms with Crippen LogP contribution in [0.3, 0.4) is 0 Å². The lowest BCUT2D eigenvalue weighted by Crippen LogP contribution is -2.41. The van der Waals surface area contributed by atoms with E-state index >= 15 is 0 Å². The molecule has 0 radical (unpaired) electrons. The van der Waals surface area contributed by atoms with E-state index in [1.807, 2.05) is 6.07 Å². The average molecular weight is 367 g/mol. The molecule has 2 N–H and O–H groups in total. The Bertz CT molecular complexity index is 873. The first-order valence-electron chi connectivity index (χ1n) is 7.05. The van der Waals surface area contributed by atoms with E-state index in [0.717, 1.165) is 4.41 Å². The number of nitrogens with zero attached hydrogens (tertiary/aromatic N) is 3. The van der Waals surface area contributed by atoms with Gasteiger partial charge in [0, 0.05) is 7.05 Å². The molecular formula is C15H15ClN4O3S. The summed E-state index contributed by atoms with van der Waals surface area (Å²) in [6, 6.07) is 15.2. The average Bonchev–Trinajstić information content (AvgIpc) is 2.94. The highest BCUT2D eigenvalue weighted by molar-refractivity contribution is 7.87. The maximum atomic E-state index is 12.3. The summed E-state index contributed by atoms with van der Waals surface area (Å²) in [5.41, 5.74) is 1.08. The highest BCUT2D eigenvalue weighted by atomic mass is 35.5. The van der Waals surface area contributed by atoms with E-state index in [2.05, 4.69) is 9.82 Å². The van der Waals surface area contributed by atoms with E-state index in [1.165, 1.54) is 11.9 Å². The van der Waals surface area contributed by atoms with Crippen LogP contribution in [-0.2, 0) is 10.2 Å². The zero-order valence-corrected chi connectivity index (χ0v) is 14.2. The van der Waals surface area contributed by atoms with Gasteiger partial charge in [0.25, 0.3) is 0 Å². The van der Waals surface area contributed by atoms with Crippen molar-refractivity contribution >= 4 is 33.5 Å². The van der Waals surface area contributed by atoms with Crippen LogP contribution < -0.4 is 9.62 Å². The molecule has 0 aromatic heterocycles. The molecule has 0 saturated carbocycles. The van der Waals surface area contributed by atoms with E-state index in [0.29, 0.717) is 16.3 Å². The third-order valence-electron chi connectivity index (χ3n) is 3.57. The summed E-state index contributed by atoms with van der Waals surface area (Å²) < 4.78 is 27.7. The fourth-order valence-corrected chi connectivity index (χ4v) is 3.54. The predicted molar refractivity (Wildman–Crippen MR) is 93.0 cm³/mol. The van der Waals surface area contributed by atoms with E-state index in [9.17, 15) is 13.5 Å². The SMILES string of the molecule is CNS(=O)(=O)N1N=C(O)N(c2ccccc2Cl)C1c1ccccc1. The molecule has 0 aliphatic carbocycles. The molecule has 3 rings (SSSR count). The molecule has 1 atom stereocenters. The lowest BCUT2D eigenvalue weighted by atomic mass is 10.1. The van der Waals surface area contributed by atoms with Gasteiger partial charge in [-0.15, -0.1) is 9.52 Å². The van der Waals surface area contributed by atoms with E-state index in [1.54, 1.807) is 48.5 Å². The number of hydrogen-bond acceptors (Lipinski definition) is 4. The van der Waals surface area contributed by atoms with Crippen LogP contribution in [0.5, 0.6) is 0 Å². The van der Waals surface area contributed by atoms with Crippen LogP contribution in [0.1, 0.15) is 11.7 Å². The quantitative estimate of drug-likeness (QED) is 0.870. The largest absolute Gasteiger partial charge is 0.479 e. The van der Waals surface area contributed by atoms with Gasteiger partial charge < -0.3 is 5.11 Å². The molecule has 0 amide bonds. The van der Waals surface area contributed by atoms with Crippen molar-refractivity contribution in [2.24, 2.45) is 5.10 Å². The number of aliphatic hydroxyl groups is 1. The first kappa shape index (κ1) is 16.6. The molecule has 1 unspecified atom stereocenters. The number of benzene rings is 2. The molecule has 2 aromatic carbocycles. The number of halogens is 1. The number of nitrogens with one attached hydrogen (secondary N) is 1. The van der Waals surface area contributed by atoms with Crippen molar-refractivity contribution in [2.45, 2.75) is 6.17 Å². The maximum absolute atomic E-state index is 12.3. The number of hydrazone groups is 1. The monoisotopic (exact) mass is 366 g/mol. The lowest BCUT2D eigenvalue weighted by Gasteiger charge is -2.30. The lowest BCUT2D eigenvalue weighted by molar-refractivity contribution is 0.367. The molecule has 0 bridgehead atoms. The van der Waals surface area contributed by atoms with Crippen LogP contribution in [-0.4, -0.2) is 31.0 Å². The van der Waals surface area contributed by atoms with Crippen LogP contribution in [0.2, 0.25) is 5.02 Å². The number of amidine groups is 1. The minimum Gasteiger partial charge on any atom is -0.479 e.